The Balaban J connectivity index is 1.54. The molecular formula is C22H31N5O3. The minimum absolute atomic E-state index is 0.0278. The number of amides is 3. The van der Waals surface area contributed by atoms with Crippen LogP contribution < -0.4 is 16.2 Å². The average Bonchev–Trinajstić information content (AvgIpc) is 3.06. The molecule has 1 saturated carbocycles. The molecule has 3 amide bonds. The molecule has 3 rings (SSSR count). The number of rotatable bonds is 6. The Kier molecular flexibility index (Phi) is 7.07. The number of carbonyl (C=O) groups is 3. The van der Waals surface area contributed by atoms with Crippen molar-refractivity contribution in [3.63, 3.8) is 0 Å². The molecule has 8 nitrogen and oxygen atoms in total. The summed E-state index contributed by atoms with van der Waals surface area (Å²) in [6.45, 7) is 3.74. The predicted molar refractivity (Wildman–Crippen MR) is 114 cm³/mol. The van der Waals surface area contributed by atoms with Gasteiger partial charge in [-0.3, -0.25) is 25.2 Å². The van der Waals surface area contributed by atoms with Crippen LogP contribution >= 0.6 is 0 Å². The first kappa shape index (κ1) is 21.8. The summed E-state index contributed by atoms with van der Waals surface area (Å²) in [5.74, 6) is -0.395. The van der Waals surface area contributed by atoms with Crippen molar-refractivity contribution in [2.45, 2.75) is 58.4 Å². The molecule has 1 aromatic carbocycles. The lowest BCUT2D eigenvalue weighted by Crippen LogP contribution is -2.55. The molecule has 1 aliphatic carbocycles. The number of aromatic nitrogens is 2. The SMILES string of the molecule is CC(C)C(NC(=O)C1CCCCC1)C(=O)NNC(=O)Cc1nc2ccccc2n1C. The third-order valence-corrected chi connectivity index (χ3v) is 5.75. The molecule has 1 unspecified atom stereocenters. The maximum atomic E-state index is 12.6. The number of benzene rings is 1. The average molecular weight is 414 g/mol. The highest BCUT2D eigenvalue weighted by atomic mass is 16.2. The molecule has 8 heteroatoms. The normalized spacial score (nSPS) is 15.7. The van der Waals surface area contributed by atoms with E-state index in [1.807, 2.05) is 49.7 Å². The van der Waals surface area contributed by atoms with E-state index in [-0.39, 0.29) is 30.1 Å². The summed E-state index contributed by atoms with van der Waals surface area (Å²) in [5.41, 5.74) is 6.66. The van der Waals surface area contributed by atoms with Gasteiger partial charge in [0.15, 0.2) is 0 Å². The minimum Gasteiger partial charge on any atom is -0.344 e. The van der Waals surface area contributed by atoms with Gasteiger partial charge in [-0.15, -0.1) is 0 Å². The van der Waals surface area contributed by atoms with Gasteiger partial charge in [-0.2, -0.15) is 0 Å². The second-order valence-corrected chi connectivity index (χ2v) is 8.36. The number of fused-ring (bicyclic) bond motifs is 1. The molecule has 162 valence electrons. The Morgan fingerprint density at radius 1 is 1.10 bits per heavy atom. The number of hydrazine groups is 1. The van der Waals surface area contributed by atoms with Gasteiger partial charge < -0.3 is 9.88 Å². The molecule has 0 aliphatic heterocycles. The summed E-state index contributed by atoms with van der Waals surface area (Å²) < 4.78 is 1.86. The van der Waals surface area contributed by atoms with Gasteiger partial charge in [0.1, 0.15) is 11.9 Å². The third-order valence-electron chi connectivity index (χ3n) is 5.75. The zero-order chi connectivity index (χ0) is 21.7. The lowest BCUT2D eigenvalue weighted by molar-refractivity contribution is -0.134. The monoisotopic (exact) mass is 413 g/mol. The summed E-state index contributed by atoms with van der Waals surface area (Å²) >= 11 is 0. The second kappa shape index (κ2) is 9.73. The van der Waals surface area contributed by atoms with E-state index in [1.54, 1.807) is 0 Å². The molecule has 2 aromatic rings. The molecule has 1 atom stereocenters. The highest BCUT2D eigenvalue weighted by Crippen LogP contribution is 2.24. The second-order valence-electron chi connectivity index (χ2n) is 8.36. The summed E-state index contributed by atoms with van der Waals surface area (Å²) in [4.78, 5) is 41.9. The van der Waals surface area contributed by atoms with Gasteiger partial charge in [0.2, 0.25) is 11.8 Å². The van der Waals surface area contributed by atoms with Crippen LogP contribution in [0.3, 0.4) is 0 Å². The van der Waals surface area contributed by atoms with Crippen LogP contribution in [-0.2, 0) is 27.9 Å². The molecule has 0 radical (unpaired) electrons. The smallest absolute Gasteiger partial charge is 0.261 e. The van der Waals surface area contributed by atoms with Crippen molar-refractivity contribution in [1.29, 1.82) is 0 Å². The van der Waals surface area contributed by atoms with Crippen molar-refractivity contribution in [2.75, 3.05) is 0 Å². The van der Waals surface area contributed by atoms with Crippen LogP contribution in [0.15, 0.2) is 24.3 Å². The fourth-order valence-electron chi connectivity index (χ4n) is 3.92. The fourth-order valence-corrected chi connectivity index (χ4v) is 3.92. The van der Waals surface area contributed by atoms with Crippen LogP contribution in [0.2, 0.25) is 0 Å². The molecule has 0 spiro atoms. The van der Waals surface area contributed by atoms with Crippen LogP contribution in [0, 0.1) is 11.8 Å². The van der Waals surface area contributed by atoms with E-state index in [2.05, 4.69) is 21.2 Å². The Morgan fingerprint density at radius 2 is 1.80 bits per heavy atom. The number of hydrogen-bond donors (Lipinski definition) is 3. The predicted octanol–water partition coefficient (Wildman–Crippen LogP) is 1.98. The lowest BCUT2D eigenvalue weighted by atomic mass is 9.88. The number of aryl methyl sites for hydroxylation is 1. The number of carbonyl (C=O) groups excluding carboxylic acids is 3. The molecule has 0 bridgehead atoms. The third kappa shape index (κ3) is 5.17. The van der Waals surface area contributed by atoms with E-state index in [1.165, 1.54) is 0 Å². The van der Waals surface area contributed by atoms with Crippen molar-refractivity contribution >= 4 is 28.8 Å². The Morgan fingerprint density at radius 3 is 2.47 bits per heavy atom. The first-order valence-electron chi connectivity index (χ1n) is 10.7. The number of nitrogens with one attached hydrogen (secondary N) is 3. The fraction of sp³-hybridized carbons (Fsp3) is 0.545. The van der Waals surface area contributed by atoms with Gasteiger partial charge in [0, 0.05) is 13.0 Å². The number of para-hydroxylation sites is 2. The van der Waals surface area contributed by atoms with E-state index >= 15 is 0 Å². The Bertz CT molecular complexity index is 915. The largest absolute Gasteiger partial charge is 0.344 e. The van der Waals surface area contributed by atoms with E-state index in [9.17, 15) is 14.4 Å². The Labute approximate surface area is 176 Å². The van der Waals surface area contributed by atoms with Crippen molar-refractivity contribution in [1.82, 2.24) is 25.7 Å². The number of imidazole rings is 1. The van der Waals surface area contributed by atoms with Crippen molar-refractivity contribution in [3.05, 3.63) is 30.1 Å². The zero-order valence-electron chi connectivity index (χ0n) is 17.9. The van der Waals surface area contributed by atoms with Crippen LogP contribution in [0.4, 0.5) is 0 Å². The number of nitrogens with zero attached hydrogens (tertiary/aromatic N) is 2. The van der Waals surface area contributed by atoms with Crippen LogP contribution in [0.1, 0.15) is 51.8 Å². The van der Waals surface area contributed by atoms with E-state index in [0.29, 0.717) is 5.82 Å². The van der Waals surface area contributed by atoms with Crippen LogP contribution in [-0.4, -0.2) is 33.3 Å². The Hall–Kier alpha value is -2.90. The summed E-state index contributed by atoms with van der Waals surface area (Å²) in [5, 5.41) is 2.87. The maximum absolute atomic E-state index is 12.6. The molecular weight excluding hydrogens is 382 g/mol. The topological polar surface area (TPSA) is 105 Å². The van der Waals surface area contributed by atoms with Gasteiger partial charge in [-0.05, 0) is 30.9 Å². The van der Waals surface area contributed by atoms with E-state index in [4.69, 9.17) is 0 Å². The molecule has 1 heterocycles. The molecule has 3 N–H and O–H groups in total. The first-order chi connectivity index (χ1) is 14.4. The summed E-state index contributed by atoms with van der Waals surface area (Å²) in [6, 6.07) is 6.94. The maximum Gasteiger partial charge on any atom is 0.261 e. The van der Waals surface area contributed by atoms with Crippen molar-refractivity contribution < 1.29 is 14.4 Å². The summed E-state index contributed by atoms with van der Waals surface area (Å²) in [7, 11) is 1.85. The van der Waals surface area contributed by atoms with Crippen LogP contribution in [0.25, 0.3) is 11.0 Å². The van der Waals surface area contributed by atoms with Crippen molar-refractivity contribution in [2.24, 2.45) is 18.9 Å². The molecule has 30 heavy (non-hydrogen) atoms. The molecule has 1 fully saturated rings. The first-order valence-corrected chi connectivity index (χ1v) is 10.7. The minimum atomic E-state index is -0.699. The summed E-state index contributed by atoms with van der Waals surface area (Å²) in [6.07, 6.45) is 5.03. The van der Waals surface area contributed by atoms with Crippen LogP contribution in [0.5, 0.6) is 0 Å². The van der Waals surface area contributed by atoms with Gasteiger partial charge >= 0.3 is 0 Å². The van der Waals surface area contributed by atoms with Gasteiger partial charge in [-0.25, -0.2) is 4.98 Å². The highest BCUT2D eigenvalue weighted by molar-refractivity contribution is 5.90. The molecule has 0 saturated heterocycles. The van der Waals surface area contributed by atoms with Crippen molar-refractivity contribution in [3.8, 4) is 0 Å². The standard InChI is InChI=1S/C22H31N5O3/c1-14(2)20(24-21(29)15-9-5-4-6-10-15)22(30)26-25-19(28)13-18-23-16-11-7-8-12-17(16)27(18)3/h7-8,11-12,14-15,20H,4-6,9-10,13H2,1-3H3,(H,24,29)(H,25,28)(H,26,30). The quantitative estimate of drug-likeness (QED) is 0.630. The molecule has 1 aromatic heterocycles. The van der Waals surface area contributed by atoms with Gasteiger partial charge in [0.25, 0.3) is 5.91 Å². The number of hydrogen-bond acceptors (Lipinski definition) is 4. The van der Waals surface area contributed by atoms with Gasteiger partial charge in [-0.1, -0.05) is 45.2 Å². The highest BCUT2D eigenvalue weighted by Gasteiger charge is 2.28. The molecule has 1 aliphatic rings. The van der Waals surface area contributed by atoms with Gasteiger partial charge in [0.05, 0.1) is 17.5 Å². The van der Waals surface area contributed by atoms with E-state index in [0.717, 1.165) is 43.1 Å². The zero-order valence-corrected chi connectivity index (χ0v) is 17.9. The lowest BCUT2D eigenvalue weighted by Gasteiger charge is -2.26. The van der Waals surface area contributed by atoms with E-state index < -0.39 is 11.9 Å².